The van der Waals surface area contributed by atoms with Crippen LogP contribution >= 0.6 is 23.5 Å². The Labute approximate surface area is 81.8 Å². The maximum absolute atomic E-state index is 10.7. The van der Waals surface area contributed by atoms with Crippen LogP contribution in [0.25, 0.3) is 0 Å². The molecule has 1 aliphatic rings. The number of esters is 1. The van der Waals surface area contributed by atoms with E-state index in [1.807, 2.05) is 30.4 Å². The van der Waals surface area contributed by atoms with Crippen LogP contribution in [0.5, 0.6) is 0 Å². The molecule has 12 heavy (non-hydrogen) atoms. The lowest BCUT2D eigenvalue weighted by Gasteiger charge is -2.26. The summed E-state index contributed by atoms with van der Waals surface area (Å²) in [6.45, 7) is 3.45. The molecule has 0 saturated carbocycles. The van der Waals surface area contributed by atoms with Crippen molar-refractivity contribution in [3.05, 3.63) is 0 Å². The summed E-state index contributed by atoms with van der Waals surface area (Å²) in [6.07, 6.45) is 0.0697. The number of carbonyl (C=O) groups is 1. The maximum Gasteiger partial charge on any atom is 0.302 e. The van der Waals surface area contributed by atoms with Gasteiger partial charge in [0.2, 0.25) is 0 Å². The zero-order valence-corrected chi connectivity index (χ0v) is 9.04. The molecular formula is C8H14O2S2. The van der Waals surface area contributed by atoms with Gasteiger partial charge in [0, 0.05) is 24.2 Å². The Kier molecular flexibility index (Phi) is 4.29. The van der Waals surface area contributed by atoms with E-state index in [9.17, 15) is 4.79 Å². The molecule has 0 spiro atoms. The van der Waals surface area contributed by atoms with Gasteiger partial charge in [0.15, 0.2) is 0 Å². The molecule has 4 heteroatoms. The summed E-state index contributed by atoms with van der Waals surface area (Å²) in [5.41, 5.74) is 0. The first-order valence-corrected chi connectivity index (χ1v) is 6.27. The van der Waals surface area contributed by atoms with Crippen molar-refractivity contribution >= 4 is 29.5 Å². The third-order valence-corrected chi connectivity index (χ3v) is 4.69. The lowest BCUT2D eigenvalue weighted by atomic mass is 10.3. The molecule has 0 aromatic rings. The van der Waals surface area contributed by atoms with Gasteiger partial charge in [-0.25, -0.2) is 0 Å². The first-order valence-electron chi connectivity index (χ1n) is 4.06. The molecule has 1 saturated heterocycles. The number of thioether (sulfide) groups is 2. The molecule has 70 valence electrons. The van der Waals surface area contributed by atoms with Crippen LogP contribution in [0.3, 0.4) is 0 Å². The van der Waals surface area contributed by atoms with Crippen molar-refractivity contribution in [3.63, 3.8) is 0 Å². The van der Waals surface area contributed by atoms with E-state index < -0.39 is 0 Å². The molecule has 1 rings (SSSR count). The topological polar surface area (TPSA) is 26.3 Å². The average Bonchev–Trinajstić information content (AvgIpc) is 2.05. The first-order chi connectivity index (χ1) is 5.70. The highest BCUT2D eigenvalue weighted by molar-refractivity contribution is 8.06. The summed E-state index contributed by atoms with van der Waals surface area (Å²) >= 11 is 3.86. The highest BCUT2D eigenvalue weighted by Gasteiger charge is 2.22. The molecule has 0 aliphatic carbocycles. The second-order valence-electron chi connectivity index (χ2n) is 2.80. The fourth-order valence-electron chi connectivity index (χ4n) is 1.11. The van der Waals surface area contributed by atoms with Gasteiger partial charge in [0.25, 0.3) is 0 Å². The normalized spacial score (nSPS) is 26.3. The van der Waals surface area contributed by atoms with Gasteiger partial charge >= 0.3 is 5.97 Å². The van der Waals surface area contributed by atoms with Crippen LogP contribution in [0.1, 0.15) is 13.8 Å². The Morgan fingerprint density at radius 3 is 2.83 bits per heavy atom. The van der Waals surface area contributed by atoms with Crippen LogP contribution in [-0.2, 0) is 9.53 Å². The Balaban J connectivity index is 2.29. The molecule has 1 heterocycles. The minimum absolute atomic E-state index is 0.0697. The maximum atomic E-state index is 10.7. The summed E-state index contributed by atoms with van der Waals surface area (Å²) in [5.74, 6) is 3.35. The molecule has 2 atom stereocenters. The SMILES string of the molecule is CC(=O)OC(C)C1CSCCS1. The second-order valence-corrected chi connectivity index (χ2v) is 5.30. The van der Waals surface area contributed by atoms with Gasteiger partial charge in [-0.15, -0.1) is 0 Å². The van der Waals surface area contributed by atoms with E-state index in [0.29, 0.717) is 5.25 Å². The fourth-order valence-corrected chi connectivity index (χ4v) is 3.94. The van der Waals surface area contributed by atoms with E-state index in [4.69, 9.17) is 4.74 Å². The lowest BCUT2D eigenvalue weighted by Crippen LogP contribution is -2.30. The highest BCUT2D eigenvalue weighted by Crippen LogP contribution is 2.27. The van der Waals surface area contributed by atoms with Crippen molar-refractivity contribution in [1.29, 1.82) is 0 Å². The average molecular weight is 206 g/mol. The van der Waals surface area contributed by atoms with E-state index in [2.05, 4.69) is 0 Å². The van der Waals surface area contributed by atoms with E-state index in [1.54, 1.807) is 0 Å². The molecule has 0 radical (unpaired) electrons. The van der Waals surface area contributed by atoms with Crippen molar-refractivity contribution in [3.8, 4) is 0 Å². The molecule has 0 aromatic carbocycles. The van der Waals surface area contributed by atoms with E-state index in [-0.39, 0.29) is 12.1 Å². The minimum atomic E-state index is -0.168. The summed E-state index contributed by atoms with van der Waals surface area (Å²) in [6, 6.07) is 0. The van der Waals surface area contributed by atoms with Crippen LogP contribution in [0.4, 0.5) is 0 Å². The quantitative estimate of drug-likeness (QED) is 0.643. The van der Waals surface area contributed by atoms with Crippen LogP contribution in [0.2, 0.25) is 0 Å². The molecule has 2 unspecified atom stereocenters. The molecular weight excluding hydrogens is 192 g/mol. The first kappa shape index (κ1) is 10.3. The van der Waals surface area contributed by atoms with Crippen LogP contribution in [0.15, 0.2) is 0 Å². The Bertz CT molecular complexity index is 155. The fraction of sp³-hybridized carbons (Fsp3) is 0.875. The molecule has 2 nitrogen and oxygen atoms in total. The number of carbonyl (C=O) groups excluding carboxylic acids is 1. The van der Waals surface area contributed by atoms with Gasteiger partial charge in [0.05, 0.1) is 5.25 Å². The third-order valence-electron chi connectivity index (χ3n) is 1.72. The number of hydrogen-bond donors (Lipinski definition) is 0. The third kappa shape index (κ3) is 3.27. The largest absolute Gasteiger partial charge is 0.462 e. The van der Waals surface area contributed by atoms with Gasteiger partial charge in [-0.2, -0.15) is 23.5 Å². The summed E-state index contributed by atoms with van der Waals surface area (Å²) in [7, 11) is 0. The summed E-state index contributed by atoms with van der Waals surface area (Å²) in [5, 5.41) is 0.493. The van der Waals surface area contributed by atoms with Gasteiger partial charge in [-0.05, 0) is 6.92 Å². The van der Waals surface area contributed by atoms with Crippen molar-refractivity contribution in [1.82, 2.24) is 0 Å². The molecule has 1 fully saturated rings. The highest BCUT2D eigenvalue weighted by atomic mass is 32.2. The molecule has 0 aromatic heterocycles. The molecule has 1 aliphatic heterocycles. The predicted molar refractivity (Wildman–Crippen MR) is 54.8 cm³/mol. The van der Waals surface area contributed by atoms with Crippen LogP contribution < -0.4 is 0 Å². The minimum Gasteiger partial charge on any atom is -0.462 e. The zero-order chi connectivity index (χ0) is 8.97. The monoisotopic (exact) mass is 206 g/mol. The number of ether oxygens (including phenoxy) is 1. The Morgan fingerprint density at radius 2 is 2.33 bits per heavy atom. The summed E-state index contributed by atoms with van der Waals surface area (Å²) in [4.78, 5) is 10.7. The molecule has 0 amide bonds. The zero-order valence-electron chi connectivity index (χ0n) is 7.41. The van der Waals surface area contributed by atoms with Crippen molar-refractivity contribution in [2.75, 3.05) is 17.3 Å². The van der Waals surface area contributed by atoms with Gasteiger partial charge in [0.1, 0.15) is 6.10 Å². The van der Waals surface area contributed by atoms with E-state index in [0.717, 1.165) is 5.75 Å². The second kappa shape index (κ2) is 5.02. The Morgan fingerprint density at radius 1 is 1.58 bits per heavy atom. The predicted octanol–water partition coefficient (Wildman–Crippen LogP) is 1.79. The number of rotatable bonds is 2. The molecule has 0 N–H and O–H groups in total. The summed E-state index contributed by atoms with van der Waals surface area (Å²) < 4.78 is 5.12. The van der Waals surface area contributed by atoms with E-state index in [1.165, 1.54) is 18.4 Å². The van der Waals surface area contributed by atoms with Gasteiger partial charge < -0.3 is 4.74 Å². The molecule has 0 bridgehead atoms. The van der Waals surface area contributed by atoms with Crippen molar-refractivity contribution in [2.24, 2.45) is 0 Å². The smallest absolute Gasteiger partial charge is 0.302 e. The Hall–Kier alpha value is 0.170. The van der Waals surface area contributed by atoms with Crippen molar-refractivity contribution < 1.29 is 9.53 Å². The lowest BCUT2D eigenvalue weighted by molar-refractivity contribution is -0.145. The standard InChI is InChI=1S/C8H14O2S2/c1-6(10-7(2)9)8-5-11-3-4-12-8/h6,8H,3-5H2,1-2H3. The van der Waals surface area contributed by atoms with Gasteiger partial charge in [-0.3, -0.25) is 4.79 Å². The van der Waals surface area contributed by atoms with Crippen LogP contribution in [-0.4, -0.2) is 34.6 Å². The van der Waals surface area contributed by atoms with E-state index >= 15 is 0 Å². The van der Waals surface area contributed by atoms with Gasteiger partial charge in [-0.1, -0.05) is 0 Å². The number of hydrogen-bond acceptors (Lipinski definition) is 4. The van der Waals surface area contributed by atoms with Crippen LogP contribution in [0, 0.1) is 0 Å². The van der Waals surface area contributed by atoms with Crippen molar-refractivity contribution in [2.45, 2.75) is 25.2 Å².